The number of nitrogens with one attached hydrogen (secondary N) is 3. The molecule has 0 unspecified atom stereocenters. The Balaban J connectivity index is 1.34. The van der Waals surface area contributed by atoms with E-state index >= 15 is 0 Å². The highest BCUT2D eigenvalue weighted by Crippen LogP contribution is 2.38. The SMILES string of the molecule is O=NCc1c(NC(=O)Nc2ccc(Cl)cc2)sc2c1CCN(CCCNC(=O)C1CC1)C2. The number of urea groups is 1. The summed E-state index contributed by atoms with van der Waals surface area (Å²) in [6, 6.07) is 6.48. The first-order valence-corrected chi connectivity index (χ1v) is 12.0. The molecule has 1 fully saturated rings. The molecule has 0 radical (unpaired) electrons. The number of hydrogen-bond donors (Lipinski definition) is 3. The standard InChI is InChI=1S/C22H26ClN5O3S/c23-15-4-6-16(7-5-15)26-22(30)27-21-18(12-25-31)17-8-11-28(13-19(17)32-21)10-1-9-24-20(29)14-2-3-14/h4-7,14H,1-3,8-13H2,(H,24,29)(H2,26,27,30). The minimum Gasteiger partial charge on any atom is -0.356 e. The van der Waals surface area contributed by atoms with E-state index in [1.165, 1.54) is 11.3 Å². The summed E-state index contributed by atoms with van der Waals surface area (Å²) in [6.07, 6.45) is 3.75. The molecule has 170 valence electrons. The summed E-state index contributed by atoms with van der Waals surface area (Å²) in [5.74, 6) is 0.425. The molecule has 2 heterocycles. The van der Waals surface area contributed by atoms with Crippen molar-refractivity contribution in [2.45, 2.75) is 38.8 Å². The van der Waals surface area contributed by atoms with Gasteiger partial charge in [0, 0.05) is 53.2 Å². The van der Waals surface area contributed by atoms with Gasteiger partial charge < -0.3 is 10.6 Å². The van der Waals surface area contributed by atoms with Gasteiger partial charge in [-0.15, -0.1) is 11.3 Å². The molecule has 0 spiro atoms. The van der Waals surface area contributed by atoms with Crippen molar-refractivity contribution in [1.29, 1.82) is 0 Å². The molecule has 2 aromatic rings. The fourth-order valence-corrected chi connectivity index (χ4v) is 5.27. The Morgan fingerprint density at radius 2 is 1.97 bits per heavy atom. The quantitative estimate of drug-likeness (QED) is 0.364. The van der Waals surface area contributed by atoms with Gasteiger partial charge in [0.25, 0.3) is 0 Å². The average Bonchev–Trinajstić information content (AvgIpc) is 3.57. The Morgan fingerprint density at radius 1 is 1.19 bits per heavy atom. The molecule has 1 aliphatic heterocycles. The van der Waals surface area contributed by atoms with Crippen molar-refractivity contribution in [2.24, 2.45) is 11.1 Å². The van der Waals surface area contributed by atoms with Gasteiger partial charge in [-0.2, -0.15) is 4.91 Å². The molecule has 2 aliphatic rings. The van der Waals surface area contributed by atoms with Crippen molar-refractivity contribution >= 4 is 45.6 Å². The highest BCUT2D eigenvalue weighted by molar-refractivity contribution is 7.16. The first kappa shape index (κ1) is 22.7. The Labute approximate surface area is 195 Å². The summed E-state index contributed by atoms with van der Waals surface area (Å²) >= 11 is 7.38. The number of fused-ring (bicyclic) bond motifs is 1. The van der Waals surface area contributed by atoms with Gasteiger partial charge in [-0.1, -0.05) is 16.8 Å². The van der Waals surface area contributed by atoms with E-state index in [1.807, 2.05) is 0 Å². The van der Waals surface area contributed by atoms with Gasteiger partial charge in [-0.25, -0.2) is 4.79 Å². The number of amides is 3. The van der Waals surface area contributed by atoms with Crippen molar-refractivity contribution in [1.82, 2.24) is 10.2 Å². The van der Waals surface area contributed by atoms with E-state index in [-0.39, 0.29) is 24.4 Å². The summed E-state index contributed by atoms with van der Waals surface area (Å²) in [5, 5.41) is 13.0. The molecule has 1 aliphatic carbocycles. The lowest BCUT2D eigenvalue weighted by Crippen LogP contribution is -2.33. The van der Waals surface area contributed by atoms with Crippen LogP contribution in [0.2, 0.25) is 5.02 Å². The van der Waals surface area contributed by atoms with E-state index < -0.39 is 0 Å². The normalized spacial score (nSPS) is 15.7. The number of thiophene rings is 1. The zero-order chi connectivity index (χ0) is 22.5. The maximum atomic E-state index is 12.5. The van der Waals surface area contributed by atoms with Crippen LogP contribution in [0.3, 0.4) is 0 Å². The highest BCUT2D eigenvalue weighted by Gasteiger charge is 2.29. The van der Waals surface area contributed by atoms with Crippen LogP contribution in [0.15, 0.2) is 29.4 Å². The van der Waals surface area contributed by atoms with E-state index in [0.717, 1.165) is 61.3 Å². The van der Waals surface area contributed by atoms with Crippen LogP contribution in [0.25, 0.3) is 0 Å². The van der Waals surface area contributed by atoms with E-state index in [2.05, 4.69) is 26.0 Å². The second-order valence-corrected chi connectivity index (χ2v) is 9.67. The Morgan fingerprint density at radius 3 is 2.69 bits per heavy atom. The number of nitroso groups, excluding NO2 is 1. The molecule has 1 saturated carbocycles. The van der Waals surface area contributed by atoms with E-state index in [4.69, 9.17) is 11.6 Å². The van der Waals surface area contributed by atoms with Crippen LogP contribution in [0.1, 0.15) is 35.3 Å². The number of hydrogen-bond acceptors (Lipinski definition) is 6. The molecular formula is C22H26ClN5O3S. The lowest BCUT2D eigenvalue weighted by molar-refractivity contribution is -0.122. The average molecular weight is 476 g/mol. The largest absolute Gasteiger partial charge is 0.356 e. The Hall–Kier alpha value is -2.49. The lowest BCUT2D eigenvalue weighted by Gasteiger charge is -2.27. The molecule has 0 saturated heterocycles. The van der Waals surface area contributed by atoms with Gasteiger partial charge in [0.15, 0.2) is 0 Å². The molecule has 10 heteroatoms. The topological polar surface area (TPSA) is 103 Å². The van der Waals surface area contributed by atoms with Crippen LogP contribution in [-0.2, 0) is 24.3 Å². The predicted molar refractivity (Wildman–Crippen MR) is 127 cm³/mol. The van der Waals surface area contributed by atoms with Gasteiger partial charge >= 0.3 is 6.03 Å². The van der Waals surface area contributed by atoms with Crippen molar-refractivity contribution in [3.8, 4) is 0 Å². The molecule has 1 aromatic heterocycles. The third-order valence-electron chi connectivity index (χ3n) is 5.70. The van der Waals surface area contributed by atoms with Crippen LogP contribution in [0.4, 0.5) is 15.5 Å². The van der Waals surface area contributed by atoms with Crippen LogP contribution < -0.4 is 16.0 Å². The molecule has 32 heavy (non-hydrogen) atoms. The number of anilines is 2. The van der Waals surface area contributed by atoms with Gasteiger partial charge in [-0.05, 0) is 55.5 Å². The minimum atomic E-state index is -0.374. The summed E-state index contributed by atoms with van der Waals surface area (Å²) in [5.41, 5.74) is 2.56. The van der Waals surface area contributed by atoms with Crippen LogP contribution in [0, 0.1) is 10.8 Å². The lowest BCUT2D eigenvalue weighted by atomic mass is 10.0. The first-order chi connectivity index (χ1) is 15.5. The fourth-order valence-electron chi connectivity index (χ4n) is 3.85. The second kappa shape index (κ2) is 10.4. The molecule has 3 amide bonds. The van der Waals surface area contributed by atoms with Gasteiger partial charge in [0.05, 0.1) is 0 Å². The zero-order valence-corrected chi connectivity index (χ0v) is 19.2. The third kappa shape index (κ3) is 5.85. The van der Waals surface area contributed by atoms with Crippen LogP contribution in [-0.4, -0.2) is 36.5 Å². The van der Waals surface area contributed by atoms with Crippen molar-refractivity contribution < 1.29 is 9.59 Å². The second-order valence-electron chi connectivity index (χ2n) is 8.13. The number of rotatable bonds is 9. The van der Waals surface area contributed by atoms with Gasteiger partial charge in [-0.3, -0.25) is 15.0 Å². The van der Waals surface area contributed by atoms with Crippen LogP contribution >= 0.6 is 22.9 Å². The number of carbonyl (C=O) groups is 2. The molecule has 0 bridgehead atoms. The van der Waals surface area contributed by atoms with E-state index in [0.29, 0.717) is 22.3 Å². The Kier molecular flexibility index (Phi) is 7.39. The molecule has 0 atom stereocenters. The third-order valence-corrected chi connectivity index (χ3v) is 7.12. The maximum Gasteiger partial charge on any atom is 0.324 e. The van der Waals surface area contributed by atoms with E-state index in [9.17, 15) is 14.5 Å². The number of nitrogens with zero attached hydrogens (tertiary/aromatic N) is 2. The minimum absolute atomic E-state index is 0.0373. The van der Waals surface area contributed by atoms with Crippen molar-refractivity contribution in [3.63, 3.8) is 0 Å². The summed E-state index contributed by atoms with van der Waals surface area (Å²) in [4.78, 5) is 38.7. The predicted octanol–water partition coefficient (Wildman–Crippen LogP) is 4.59. The Bertz CT molecular complexity index is 990. The number of benzene rings is 1. The molecule has 4 rings (SSSR count). The van der Waals surface area contributed by atoms with Crippen molar-refractivity contribution in [3.05, 3.63) is 50.2 Å². The molecule has 1 aromatic carbocycles. The molecule has 3 N–H and O–H groups in total. The summed E-state index contributed by atoms with van der Waals surface area (Å²) in [6.45, 7) is 3.27. The zero-order valence-electron chi connectivity index (χ0n) is 17.7. The number of halogens is 1. The monoisotopic (exact) mass is 475 g/mol. The smallest absolute Gasteiger partial charge is 0.324 e. The van der Waals surface area contributed by atoms with Gasteiger partial charge in [0.1, 0.15) is 11.5 Å². The summed E-state index contributed by atoms with van der Waals surface area (Å²) < 4.78 is 0. The van der Waals surface area contributed by atoms with E-state index in [1.54, 1.807) is 24.3 Å². The fraction of sp³-hybridized carbons (Fsp3) is 0.455. The van der Waals surface area contributed by atoms with Gasteiger partial charge in [0.2, 0.25) is 5.91 Å². The highest BCUT2D eigenvalue weighted by atomic mass is 35.5. The number of carbonyl (C=O) groups excluding carboxylic acids is 2. The first-order valence-electron chi connectivity index (χ1n) is 10.8. The maximum absolute atomic E-state index is 12.5. The van der Waals surface area contributed by atoms with Crippen LogP contribution in [0.5, 0.6) is 0 Å². The molecular weight excluding hydrogens is 450 g/mol. The molecule has 8 nitrogen and oxygen atoms in total. The summed E-state index contributed by atoms with van der Waals surface area (Å²) in [7, 11) is 0. The van der Waals surface area contributed by atoms with Crippen molar-refractivity contribution in [2.75, 3.05) is 30.3 Å².